The summed E-state index contributed by atoms with van der Waals surface area (Å²) in [6, 6.07) is 2.44. The van der Waals surface area contributed by atoms with Crippen molar-refractivity contribution < 1.29 is 29.0 Å². The Morgan fingerprint density at radius 2 is 2.17 bits per heavy atom. The Bertz CT molecular complexity index is 898. The molecule has 11 heteroatoms. The maximum atomic E-state index is 12.7. The zero-order chi connectivity index (χ0) is 20.7. The van der Waals surface area contributed by atoms with E-state index in [9.17, 15) is 24.3 Å². The third-order valence-electron chi connectivity index (χ3n) is 5.59. The fourth-order valence-corrected chi connectivity index (χ4v) is 5.12. The fraction of sp³-hybridized carbons (Fsp3) is 0.444. The van der Waals surface area contributed by atoms with E-state index in [1.54, 1.807) is 11.3 Å². The van der Waals surface area contributed by atoms with Crippen LogP contribution in [-0.4, -0.2) is 70.7 Å². The summed E-state index contributed by atoms with van der Waals surface area (Å²) in [5.41, 5.74) is 5.21. The first-order valence-electron chi connectivity index (χ1n) is 9.18. The minimum atomic E-state index is -1.26. The van der Waals surface area contributed by atoms with E-state index in [0.29, 0.717) is 31.5 Å². The number of piperidine rings is 1. The number of nitrogens with two attached hydrogens (primary N) is 1. The average molecular weight is 420 g/mol. The summed E-state index contributed by atoms with van der Waals surface area (Å²) in [5.74, 6) is -1.97. The van der Waals surface area contributed by atoms with Crippen LogP contribution in [0.25, 0.3) is 0 Å². The monoisotopic (exact) mass is 420 g/mol. The molecule has 29 heavy (non-hydrogen) atoms. The third-order valence-corrected chi connectivity index (χ3v) is 6.53. The van der Waals surface area contributed by atoms with Crippen LogP contribution in [0.15, 0.2) is 28.8 Å². The Labute approximate surface area is 169 Å². The maximum Gasteiger partial charge on any atom is 0.404 e. The van der Waals surface area contributed by atoms with Crippen LogP contribution >= 0.6 is 11.3 Å². The Balaban J connectivity index is 1.45. The number of carboxylic acid groups (broad SMARTS) is 1. The van der Waals surface area contributed by atoms with Crippen molar-refractivity contribution >= 4 is 35.3 Å². The number of nitrogens with one attached hydrogen (secondary N) is 1. The molecule has 3 atom stereocenters. The molecule has 3 aliphatic heterocycles. The van der Waals surface area contributed by atoms with Gasteiger partial charge in [-0.1, -0.05) is 6.07 Å². The van der Waals surface area contributed by atoms with E-state index in [2.05, 4.69) is 5.32 Å². The van der Waals surface area contributed by atoms with Gasteiger partial charge in [0.15, 0.2) is 0 Å². The van der Waals surface area contributed by atoms with Crippen LogP contribution in [0.5, 0.6) is 0 Å². The summed E-state index contributed by atoms with van der Waals surface area (Å²) in [4.78, 5) is 51.9. The standard InChI is InChI=1S/C18H20N4O6S/c19-17(26)28-8-11-10-4-6-21(18(27)20-5-3-9-2-1-7-29-9)14-12(10)22(15(14)23)13(11)16(24)25/h1-2,7,10,12,14H,3-6,8H2,(H2,19,26)(H,20,27)(H,24,25)/t10?,12-,14+/m1/s1. The van der Waals surface area contributed by atoms with Crippen LogP contribution in [-0.2, 0) is 20.7 Å². The average Bonchev–Trinajstić information content (AvgIpc) is 3.29. The number of amides is 4. The molecule has 0 bridgehead atoms. The highest BCUT2D eigenvalue weighted by molar-refractivity contribution is 7.09. The van der Waals surface area contributed by atoms with Gasteiger partial charge in [0.2, 0.25) is 0 Å². The van der Waals surface area contributed by atoms with Crippen LogP contribution in [0.4, 0.5) is 9.59 Å². The summed E-state index contributed by atoms with van der Waals surface area (Å²) in [5, 5.41) is 14.4. The van der Waals surface area contributed by atoms with E-state index in [0.717, 1.165) is 4.88 Å². The van der Waals surface area contributed by atoms with Gasteiger partial charge in [0.25, 0.3) is 5.91 Å². The number of hydrogen-bond acceptors (Lipinski definition) is 6. The molecule has 0 radical (unpaired) electrons. The molecule has 0 aliphatic carbocycles. The topological polar surface area (TPSA) is 142 Å². The van der Waals surface area contributed by atoms with Gasteiger partial charge in [-0.15, -0.1) is 11.3 Å². The van der Waals surface area contributed by atoms with Crippen molar-refractivity contribution in [2.24, 2.45) is 11.7 Å². The minimum absolute atomic E-state index is 0.164. The zero-order valence-corrected chi connectivity index (χ0v) is 16.2. The van der Waals surface area contributed by atoms with E-state index < -0.39 is 30.1 Å². The second-order valence-corrected chi connectivity index (χ2v) is 8.11. The number of carbonyl (C=O) groups is 4. The van der Waals surface area contributed by atoms with Crippen LogP contribution in [0, 0.1) is 5.92 Å². The highest BCUT2D eigenvalue weighted by Crippen LogP contribution is 2.48. The smallest absolute Gasteiger partial charge is 0.404 e. The summed E-state index contributed by atoms with van der Waals surface area (Å²) in [6.07, 6.45) is 0.159. The Kier molecular flexibility index (Phi) is 4.91. The third kappa shape index (κ3) is 3.20. The van der Waals surface area contributed by atoms with Crippen molar-refractivity contribution in [3.8, 4) is 0 Å². The Morgan fingerprint density at radius 3 is 2.83 bits per heavy atom. The van der Waals surface area contributed by atoms with Gasteiger partial charge in [0, 0.05) is 29.5 Å². The second-order valence-electron chi connectivity index (χ2n) is 7.08. The number of nitrogens with zero attached hydrogens (tertiary/aromatic N) is 2. The number of ether oxygens (including phenoxy) is 1. The molecule has 4 rings (SSSR count). The number of likely N-dealkylation sites (tertiary alicyclic amines) is 1. The molecule has 1 aromatic heterocycles. The first-order valence-corrected chi connectivity index (χ1v) is 10.1. The van der Waals surface area contributed by atoms with Gasteiger partial charge in [-0.3, -0.25) is 9.69 Å². The molecule has 4 N–H and O–H groups in total. The number of thiophene rings is 1. The van der Waals surface area contributed by atoms with Crippen LogP contribution in [0.2, 0.25) is 0 Å². The molecule has 4 amide bonds. The normalized spacial score (nSPS) is 24.8. The predicted octanol–water partition coefficient (Wildman–Crippen LogP) is 0.349. The quantitative estimate of drug-likeness (QED) is 0.567. The van der Waals surface area contributed by atoms with Crippen LogP contribution in [0.1, 0.15) is 11.3 Å². The molecule has 154 valence electrons. The van der Waals surface area contributed by atoms with E-state index >= 15 is 0 Å². The molecule has 10 nitrogen and oxygen atoms in total. The number of primary amides is 1. The van der Waals surface area contributed by atoms with Crippen molar-refractivity contribution in [1.29, 1.82) is 0 Å². The van der Waals surface area contributed by atoms with Gasteiger partial charge in [-0.05, 0) is 24.3 Å². The predicted molar refractivity (Wildman–Crippen MR) is 101 cm³/mol. The Morgan fingerprint density at radius 1 is 1.38 bits per heavy atom. The van der Waals surface area contributed by atoms with E-state index in [4.69, 9.17) is 10.5 Å². The van der Waals surface area contributed by atoms with Gasteiger partial charge in [0.1, 0.15) is 18.3 Å². The number of carbonyl (C=O) groups excluding carboxylic acids is 3. The van der Waals surface area contributed by atoms with Crippen LogP contribution in [0.3, 0.4) is 0 Å². The molecular weight excluding hydrogens is 400 g/mol. The van der Waals surface area contributed by atoms with E-state index in [1.165, 1.54) is 9.80 Å². The first kappa shape index (κ1) is 19.2. The summed E-state index contributed by atoms with van der Waals surface area (Å²) >= 11 is 1.61. The Hall–Kier alpha value is -3.08. The summed E-state index contributed by atoms with van der Waals surface area (Å²) in [7, 11) is 0. The highest BCUT2D eigenvalue weighted by Gasteiger charge is 2.64. The second kappa shape index (κ2) is 7.39. The van der Waals surface area contributed by atoms with Crippen LogP contribution < -0.4 is 11.1 Å². The van der Waals surface area contributed by atoms with Crippen molar-refractivity contribution in [3.05, 3.63) is 33.7 Å². The number of aliphatic carboxylic acids is 1. The van der Waals surface area contributed by atoms with Gasteiger partial charge in [0.05, 0.1) is 6.04 Å². The summed E-state index contributed by atoms with van der Waals surface area (Å²) in [6.45, 7) is 0.482. The molecule has 3 aliphatic rings. The molecule has 2 fully saturated rings. The molecule has 0 aromatic carbocycles. The van der Waals surface area contributed by atoms with Crippen molar-refractivity contribution in [3.63, 3.8) is 0 Å². The number of urea groups is 1. The maximum absolute atomic E-state index is 12.7. The van der Waals surface area contributed by atoms with Gasteiger partial charge < -0.3 is 25.8 Å². The molecule has 4 heterocycles. The summed E-state index contributed by atoms with van der Waals surface area (Å²) < 4.78 is 4.81. The molecule has 2 saturated heterocycles. The van der Waals surface area contributed by atoms with Crippen molar-refractivity contribution in [2.45, 2.75) is 24.9 Å². The molecule has 0 saturated carbocycles. The van der Waals surface area contributed by atoms with Gasteiger partial charge in [-0.25, -0.2) is 14.4 Å². The first-order chi connectivity index (χ1) is 13.9. The molecule has 1 unspecified atom stereocenters. The largest absolute Gasteiger partial charge is 0.477 e. The molecule has 0 spiro atoms. The number of β-lactam (4-membered cyclic amide) rings is 1. The van der Waals surface area contributed by atoms with Crippen molar-refractivity contribution in [1.82, 2.24) is 15.1 Å². The molecule has 1 aromatic rings. The lowest BCUT2D eigenvalue weighted by atomic mass is 9.78. The lowest BCUT2D eigenvalue weighted by Gasteiger charge is -2.53. The highest BCUT2D eigenvalue weighted by atomic mass is 32.1. The SMILES string of the molecule is NC(=O)OCC1=C(C(=O)O)N2C(=O)[C@@H]3[C@H]2C1CCN3C(=O)NCCc1cccs1. The van der Waals surface area contributed by atoms with E-state index in [1.807, 2.05) is 17.5 Å². The van der Waals surface area contributed by atoms with E-state index in [-0.39, 0.29) is 24.3 Å². The lowest BCUT2D eigenvalue weighted by molar-refractivity contribution is -0.160. The molecular formula is C18H20N4O6S. The zero-order valence-electron chi connectivity index (χ0n) is 15.4. The number of rotatable bonds is 6. The fourth-order valence-electron chi connectivity index (χ4n) is 4.41. The number of carboxylic acids is 1. The van der Waals surface area contributed by atoms with Crippen molar-refractivity contribution in [2.75, 3.05) is 19.7 Å². The van der Waals surface area contributed by atoms with Gasteiger partial charge in [-0.2, -0.15) is 0 Å². The number of hydrogen-bond donors (Lipinski definition) is 3. The minimum Gasteiger partial charge on any atom is -0.477 e. The van der Waals surface area contributed by atoms with Gasteiger partial charge >= 0.3 is 18.1 Å². The lowest BCUT2D eigenvalue weighted by Crippen LogP contribution is -2.74.